The highest BCUT2D eigenvalue weighted by Gasteiger charge is 2.14. The maximum atomic E-state index is 2.32. The topological polar surface area (TPSA) is 0 Å². The van der Waals surface area contributed by atoms with E-state index in [1.54, 1.807) is 11.1 Å². The van der Waals surface area contributed by atoms with Crippen LogP contribution in [0.25, 0.3) is 0 Å². The molecule has 0 heterocycles. The molecule has 0 amide bonds. The van der Waals surface area contributed by atoms with Crippen molar-refractivity contribution in [2.45, 2.75) is 47.5 Å². The summed E-state index contributed by atoms with van der Waals surface area (Å²) in [5, 5.41) is 0. The van der Waals surface area contributed by atoms with Crippen molar-refractivity contribution in [1.82, 2.24) is 0 Å². The van der Waals surface area contributed by atoms with Crippen LogP contribution in [0.1, 0.15) is 47.5 Å². The van der Waals surface area contributed by atoms with Gasteiger partial charge in [-0.15, -0.1) is 0 Å². The highest BCUT2D eigenvalue weighted by molar-refractivity contribution is 5.28. The SMILES string of the molecule is C/C=C\C1=C(C)CC(C)C1.CC. The van der Waals surface area contributed by atoms with E-state index in [0.717, 1.165) is 5.92 Å². The molecule has 1 aliphatic carbocycles. The Morgan fingerprint density at radius 3 is 2.17 bits per heavy atom. The average Bonchev–Trinajstić information content (AvgIpc) is 2.35. The Morgan fingerprint density at radius 1 is 1.25 bits per heavy atom. The van der Waals surface area contributed by atoms with Crippen LogP contribution in [0.2, 0.25) is 0 Å². The van der Waals surface area contributed by atoms with E-state index in [1.165, 1.54) is 12.8 Å². The van der Waals surface area contributed by atoms with E-state index in [-0.39, 0.29) is 0 Å². The van der Waals surface area contributed by atoms with Gasteiger partial charge in [-0.3, -0.25) is 0 Å². The van der Waals surface area contributed by atoms with Crippen molar-refractivity contribution in [3.8, 4) is 0 Å². The van der Waals surface area contributed by atoms with Crippen LogP contribution in [0.15, 0.2) is 23.3 Å². The second kappa shape index (κ2) is 6.05. The summed E-state index contributed by atoms with van der Waals surface area (Å²) in [6.07, 6.45) is 6.98. The maximum absolute atomic E-state index is 2.32. The molecule has 0 aromatic rings. The van der Waals surface area contributed by atoms with E-state index in [2.05, 4.69) is 32.9 Å². The summed E-state index contributed by atoms with van der Waals surface area (Å²) in [4.78, 5) is 0. The summed E-state index contributed by atoms with van der Waals surface area (Å²) in [6, 6.07) is 0. The third-order valence-electron chi connectivity index (χ3n) is 2.14. The molecule has 1 aliphatic rings. The van der Waals surface area contributed by atoms with Crippen molar-refractivity contribution >= 4 is 0 Å². The van der Waals surface area contributed by atoms with Crippen LogP contribution in [-0.4, -0.2) is 0 Å². The van der Waals surface area contributed by atoms with Gasteiger partial charge in [-0.25, -0.2) is 0 Å². The molecule has 12 heavy (non-hydrogen) atoms. The van der Waals surface area contributed by atoms with Gasteiger partial charge in [0.15, 0.2) is 0 Å². The fraction of sp³-hybridized carbons (Fsp3) is 0.667. The Kier molecular flexibility index (Phi) is 5.79. The number of rotatable bonds is 1. The van der Waals surface area contributed by atoms with Gasteiger partial charge in [0.2, 0.25) is 0 Å². The van der Waals surface area contributed by atoms with Crippen molar-refractivity contribution in [3.63, 3.8) is 0 Å². The molecule has 1 atom stereocenters. The van der Waals surface area contributed by atoms with E-state index in [0.29, 0.717) is 0 Å². The van der Waals surface area contributed by atoms with Crippen molar-refractivity contribution in [2.75, 3.05) is 0 Å². The van der Waals surface area contributed by atoms with Gasteiger partial charge in [0, 0.05) is 0 Å². The smallest absolute Gasteiger partial charge is 0.0251 e. The first-order valence-electron chi connectivity index (χ1n) is 5.05. The van der Waals surface area contributed by atoms with Crippen molar-refractivity contribution in [3.05, 3.63) is 23.3 Å². The quantitative estimate of drug-likeness (QED) is 0.543. The summed E-state index contributed by atoms with van der Waals surface area (Å²) < 4.78 is 0. The molecule has 0 saturated heterocycles. The van der Waals surface area contributed by atoms with E-state index < -0.39 is 0 Å². The van der Waals surface area contributed by atoms with Gasteiger partial charge >= 0.3 is 0 Å². The Balaban J connectivity index is 0.000000561. The zero-order valence-electron chi connectivity index (χ0n) is 9.15. The van der Waals surface area contributed by atoms with E-state index in [4.69, 9.17) is 0 Å². The molecule has 0 aromatic carbocycles. The molecule has 0 fully saturated rings. The van der Waals surface area contributed by atoms with Crippen LogP contribution in [0, 0.1) is 5.92 Å². The Morgan fingerprint density at radius 2 is 1.83 bits per heavy atom. The van der Waals surface area contributed by atoms with Gasteiger partial charge < -0.3 is 0 Å². The zero-order chi connectivity index (χ0) is 9.56. The lowest BCUT2D eigenvalue weighted by Gasteiger charge is -1.96. The van der Waals surface area contributed by atoms with Gasteiger partial charge in [0.25, 0.3) is 0 Å². The lowest BCUT2D eigenvalue weighted by molar-refractivity contribution is 0.623. The van der Waals surface area contributed by atoms with Crippen LogP contribution < -0.4 is 0 Å². The normalized spacial score (nSPS) is 22.9. The van der Waals surface area contributed by atoms with Crippen molar-refractivity contribution in [1.29, 1.82) is 0 Å². The molecule has 0 heteroatoms. The predicted octanol–water partition coefficient (Wildman–Crippen LogP) is 4.34. The van der Waals surface area contributed by atoms with E-state index in [1.807, 2.05) is 13.8 Å². The number of allylic oxidation sites excluding steroid dienone is 4. The van der Waals surface area contributed by atoms with Crippen molar-refractivity contribution < 1.29 is 0 Å². The first-order valence-corrected chi connectivity index (χ1v) is 5.05. The second-order valence-corrected chi connectivity index (χ2v) is 3.32. The minimum Gasteiger partial charge on any atom is -0.0874 e. The van der Waals surface area contributed by atoms with Gasteiger partial charge in [-0.05, 0) is 38.2 Å². The first kappa shape index (κ1) is 11.5. The molecule has 0 radical (unpaired) electrons. The molecule has 0 saturated carbocycles. The standard InChI is InChI=1S/C10H16.C2H6/c1-4-5-10-7-8(2)6-9(10)3;1-2/h4-5,8H,6-7H2,1-3H3;1-2H3/b5-4-;. The van der Waals surface area contributed by atoms with Crippen LogP contribution >= 0.6 is 0 Å². The lowest BCUT2D eigenvalue weighted by Crippen LogP contribution is -1.83. The van der Waals surface area contributed by atoms with E-state index in [9.17, 15) is 0 Å². The number of hydrogen-bond acceptors (Lipinski definition) is 0. The van der Waals surface area contributed by atoms with E-state index >= 15 is 0 Å². The highest BCUT2D eigenvalue weighted by atomic mass is 14.2. The van der Waals surface area contributed by atoms with Crippen molar-refractivity contribution in [2.24, 2.45) is 5.92 Å². The third kappa shape index (κ3) is 3.25. The second-order valence-electron chi connectivity index (χ2n) is 3.32. The molecular weight excluding hydrogens is 144 g/mol. The van der Waals surface area contributed by atoms with Gasteiger partial charge in [-0.1, -0.05) is 38.5 Å². The fourth-order valence-electron chi connectivity index (χ4n) is 1.69. The third-order valence-corrected chi connectivity index (χ3v) is 2.14. The summed E-state index contributed by atoms with van der Waals surface area (Å²) in [7, 11) is 0. The molecule has 0 aromatic heterocycles. The molecule has 0 nitrogen and oxygen atoms in total. The van der Waals surface area contributed by atoms with Gasteiger partial charge in [0.1, 0.15) is 0 Å². The monoisotopic (exact) mass is 166 g/mol. The van der Waals surface area contributed by atoms with Crippen LogP contribution in [-0.2, 0) is 0 Å². The van der Waals surface area contributed by atoms with Crippen LogP contribution in [0.3, 0.4) is 0 Å². The lowest BCUT2D eigenvalue weighted by atomic mass is 10.1. The molecule has 1 rings (SSSR count). The minimum atomic E-state index is 0.881. The number of hydrogen-bond donors (Lipinski definition) is 0. The molecule has 70 valence electrons. The Bertz CT molecular complexity index is 172. The summed E-state index contributed by atoms with van der Waals surface area (Å²) >= 11 is 0. The first-order chi connectivity index (χ1) is 5.74. The van der Waals surface area contributed by atoms with Gasteiger partial charge in [-0.2, -0.15) is 0 Å². The maximum Gasteiger partial charge on any atom is -0.0251 e. The fourth-order valence-corrected chi connectivity index (χ4v) is 1.69. The van der Waals surface area contributed by atoms with Crippen LogP contribution in [0.5, 0.6) is 0 Å². The molecular formula is C12H22. The average molecular weight is 166 g/mol. The molecule has 0 spiro atoms. The summed E-state index contributed by atoms with van der Waals surface area (Å²) in [5.74, 6) is 0.881. The Labute approximate surface area is 77.4 Å². The summed E-state index contributed by atoms with van der Waals surface area (Å²) in [6.45, 7) is 10.7. The largest absolute Gasteiger partial charge is 0.0874 e. The molecule has 0 aliphatic heterocycles. The molecule has 0 N–H and O–H groups in total. The summed E-state index contributed by atoms with van der Waals surface area (Å²) in [5.41, 5.74) is 3.15. The minimum absolute atomic E-state index is 0.881. The highest BCUT2D eigenvalue weighted by Crippen LogP contribution is 2.31. The van der Waals surface area contributed by atoms with Gasteiger partial charge in [0.05, 0.1) is 0 Å². The Hall–Kier alpha value is -0.520. The van der Waals surface area contributed by atoms with Crippen LogP contribution in [0.4, 0.5) is 0 Å². The molecule has 0 bridgehead atoms. The zero-order valence-corrected chi connectivity index (χ0v) is 9.15. The molecule has 1 unspecified atom stereocenters. The predicted molar refractivity (Wildman–Crippen MR) is 57.3 cm³/mol.